The molecule has 0 atom stereocenters. The molecule has 1 saturated heterocycles. The summed E-state index contributed by atoms with van der Waals surface area (Å²) in [6, 6.07) is 6.62. The molecule has 106 valence electrons. The molecule has 19 heavy (non-hydrogen) atoms. The van der Waals surface area contributed by atoms with Gasteiger partial charge in [0.1, 0.15) is 5.75 Å². The standard InChI is InChI=1S/C13H20N2O3S/c1-3-18-12-4-6-13(7-5-12)19(16,17)15-10-8-14(2)9-11-15/h4-7H,3,8-11H2,1-2H3. The minimum absolute atomic E-state index is 0.334. The minimum Gasteiger partial charge on any atom is -0.494 e. The van der Waals surface area contributed by atoms with Crippen molar-refractivity contribution in [1.82, 2.24) is 9.21 Å². The fraction of sp³-hybridized carbons (Fsp3) is 0.538. The van der Waals surface area contributed by atoms with Crippen molar-refractivity contribution in [1.29, 1.82) is 0 Å². The summed E-state index contributed by atoms with van der Waals surface area (Å²) in [7, 11) is -1.37. The third kappa shape index (κ3) is 3.26. The van der Waals surface area contributed by atoms with Gasteiger partial charge in [0.15, 0.2) is 0 Å². The maximum absolute atomic E-state index is 12.4. The molecule has 0 radical (unpaired) electrons. The number of ether oxygens (including phenoxy) is 1. The molecule has 0 N–H and O–H groups in total. The van der Waals surface area contributed by atoms with Crippen molar-refractivity contribution >= 4 is 10.0 Å². The second-order valence-corrected chi connectivity index (χ2v) is 6.55. The monoisotopic (exact) mass is 284 g/mol. The number of benzene rings is 1. The molecule has 1 aromatic carbocycles. The molecule has 1 heterocycles. The molecule has 1 fully saturated rings. The van der Waals surface area contributed by atoms with Crippen LogP contribution in [0.5, 0.6) is 5.75 Å². The molecule has 0 spiro atoms. The Hall–Kier alpha value is -1.11. The third-order valence-corrected chi connectivity index (χ3v) is 5.15. The Labute approximate surface area is 114 Å². The number of piperazine rings is 1. The quantitative estimate of drug-likeness (QED) is 0.828. The van der Waals surface area contributed by atoms with E-state index in [1.807, 2.05) is 14.0 Å². The molecule has 0 aliphatic carbocycles. The second-order valence-electron chi connectivity index (χ2n) is 4.61. The van der Waals surface area contributed by atoms with E-state index in [0.29, 0.717) is 30.3 Å². The molecule has 0 amide bonds. The molecule has 5 nitrogen and oxygen atoms in total. The summed E-state index contributed by atoms with van der Waals surface area (Å²) in [5.74, 6) is 0.694. The highest BCUT2D eigenvalue weighted by atomic mass is 32.2. The van der Waals surface area contributed by atoms with Crippen molar-refractivity contribution in [3.8, 4) is 5.75 Å². The zero-order valence-corrected chi connectivity index (χ0v) is 12.2. The first-order valence-corrected chi connectivity index (χ1v) is 7.89. The summed E-state index contributed by atoms with van der Waals surface area (Å²) >= 11 is 0. The Bertz CT molecular complexity index is 505. The molecule has 1 aromatic rings. The third-order valence-electron chi connectivity index (χ3n) is 3.23. The number of likely N-dealkylation sites (N-methyl/N-ethyl adjacent to an activating group) is 1. The molecule has 0 aromatic heterocycles. The number of nitrogens with zero attached hydrogens (tertiary/aromatic N) is 2. The summed E-state index contributed by atoms with van der Waals surface area (Å²) in [6.45, 7) is 5.12. The molecular formula is C13H20N2O3S. The highest BCUT2D eigenvalue weighted by molar-refractivity contribution is 7.89. The van der Waals surface area contributed by atoms with Gasteiger partial charge in [0, 0.05) is 26.2 Å². The first-order valence-electron chi connectivity index (χ1n) is 6.45. The van der Waals surface area contributed by atoms with Gasteiger partial charge in [0.2, 0.25) is 10.0 Å². The molecular weight excluding hydrogens is 264 g/mol. The van der Waals surface area contributed by atoms with Crippen LogP contribution >= 0.6 is 0 Å². The summed E-state index contributed by atoms with van der Waals surface area (Å²) in [4.78, 5) is 2.46. The highest BCUT2D eigenvalue weighted by Crippen LogP contribution is 2.20. The Kier molecular flexibility index (Phi) is 4.44. The van der Waals surface area contributed by atoms with Crippen molar-refractivity contribution in [3.05, 3.63) is 24.3 Å². The molecule has 6 heteroatoms. The van der Waals surface area contributed by atoms with Crippen molar-refractivity contribution < 1.29 is 13.2 Å². The topological polar surface area (TPSA) is 49.9 Å². The van der Waals surface area contributed by atoms with Crippen LogP contribution in [0.15, 0.2) is 29.2 Å². The van der Waals surface area contributed by atoms with Crippen LogP contribution in [0.4, 0.5) is 0 Å². The van der Waals surface area contributed by atoms with Crippen LogP contribution in [-0.4, -0.2) is 57.5 Å². The van der Waals surface area contributed by atoms with E-state index in [1.54, 1.807) is 28.6 Å². The summed E-state index contributed by atoms with van der Waals surface area (Å²) < 4.78 is 31.7. The molecule has 0 saturated carbocycles. The Morgan fingerprint density at radius 2 is 1.68 bits per heavy atom. The van der Waals surface area contributed by atoms with Gasteiger partial charge in [-0.3, -0.25) is 0 Å². The predicted molar refractivity (Wildman–Crippen MR) is 73.9 cm³/mol. The average Bonchev–Trinajstić information content (AvgIpc) is 2.40. The Morgan fingerprint density at radius 1 is 1.11 bits per heavy atom. The Balaban J connectivity index is 2.15. The summed E-state index contributed by atoms with van der Waals surface area (Å²) in [5, 5.41) is 0. The van der Waals surface area contributed by atoms with Crippen molar-refractivity contribution in [2.75, 3.05) is 39.8 Å². The maximum atomic E-state index is 12.4. The van der Waals surface area contributed by atoms with E-state index in [1.165, 1.54) is 0 Å². The largest absolute Gasteiger partial charge is 0.494 e. The van der Waals surface area contributed by atoms with Crippen molar-refractivity contribution in [2.45, 2.75) is 11.8 Å². The number of rotatable bonds is 4. The van der Waals surface area contributed by atoms with Gasteiger partial charge in [0.25, 0.3) is 0 Å². The van der Waals surface area contributed by atoms with Gasteiger partial charge in [-0.25, -0.2) is 8.42 Å². The minimum atomic E-state index is -3.37. The normalized spacial score (nSPS) is 18.4. The lowest BCUT2D eigenvalue weighted by molar-refractivity contribution is 0.222. The fourth-order valence-electron chi connectivity index (χ4n) is 2.05. The van der Waals surface area contributed by atoms with Gasteiger partial charge in [0.05, 0.1) is 11.5 Å². The first-order chi connectivity index (χ1) is 9.04. The smallest absolute Gasteiger partial charge is 0.243 e. The van der Waals surface area contributed by atoms with Gasteiger partial charge < -0.3 is 9.64 Å². The van der Waals surface area contributed by atoms with Crippen LogP contribution in [-0.2, 0) is 10.0 Å². The lowest BCUT2D eigenvalue weighted by atomic mass is 10.3. The van der Waals surface area contributed by atoms with Crippen LogP contribution in [0.1, 0.15) is 6.92 Å². The summed E-state index contributed by atoms with van der Waals surface area (Å²) in [5.41, 5.74) is 0. The number of sulfonamides is 1. The SMILES string of the molecule is CCOc1ccc(S(=O)(=O)N2CCN(C)CC2)cc1. The van der Waals surface area contributed by atoms with Crippen LogP contribution in [0.3, 0.4) is 0 Å². The zero-order valence-electron chi connectivity index (χ0n) is 11.4. The van der Waals surface area contributed by atoms with Crippen LogP contribution < -0.4 is 4.74 Å². The van der Waals surface area contributed by atoms with E-state index in [2.05, 4.69) is 4.90 Å². The lowest BCUT2D eigenvalue weighted by Gasteiger charge is -2.31. The molecule has 0 bridgehead atoms. The first kappa shape index (κ1) is 14.3. The van der Waals surface area contributed by atoms with Crippen LogP contribution in [0.2, 0.25) is 0 Å². The lowest BCUT2D eigenvalue weighted by Crippen LogP contribution is -2.46. The van der Waals surface area contributed by atoms with E-state index in [-0.39, 0.29) is 0 Å². The van der Waals surface area contributed by atoms with Gasteiger partial charge in [-0.2, -0.15) is 4.31 Å². The maximum Gasteiger partial charge on any atom is 0.243 e. The Morgan fingerprint density at radius 3 is 2.21 bits per heavy atom. The second kappa shape index (κ2) is 5.90. The van der Waals surface area contributed by atoms with Crippen LogP contribution in [0, 0.1) is 0 Å². The molecule has 2 rings (SSSR count). The number of hydrogen-bond donors (Lipinski definition) is 0. The van der Waals surface area contributed by atoms with E-state index in [0.717, 1.165) is 13.1 Å². The van der Waals surface area contributed by atoms with Gasteiger partial charge in [-0.15, -0.1) is 0 Å². The van der Waals surface area contributed by atoms with Crippen molar-refractivity contribution in [2.24, 2.45) is 0 Å². The van der Waals surface area contributed by atoms with E-state index >= 15 is 0 Å². The van der Waals surface area contributed by atoms with Gasteiger partial charge in [-0.1, -0.05) is 0 Å². The highest BCUT2D eigenvalue weighted by Gasteiger charge is 2.27. The molecule has 0 unspecified atom stereocenters. The van der Waals surface area contributed by atoms with Crippen molar-refractivity contribution in [3.63, 3.8) is 0 Å². The van der Waals surface area contributed by atoms with E-state index in [4.69, 9.17) is 4.74 Å². The van der Waals surface area contributed by atoms with Crippen LogP contribution in [0.25, 0.3) is 0 Å². The summed E-state index contributed by atoms with van der Waals surface area (Å²) in [6.07, 6.45) is 0. The predicted octanol–water partition coefficient (Wildman–Crippen LogP) is 1.02. The van der Waals surface area contributed by atoms with Gasteiger partial charge >= 0.3 is 0 Å². The van der Waals surface area contributed by atoms with E-state index < -0.39 is 10.0 Å². The zero-order chi connectivity index (χ0) is 13.9. The van der Waals surface area contributed by atoms with Gasteiger partial charge in [-0.05, 0) is 38.2 Å². The fourth-order valence-corrected chi connectivity index (χ4v) is 3.47. The number of hydrogen-bond acceptors (Lipinski definition) is 4. The molecule has 1 aliphatic heterocycles. The van der Waals surface area contributed by atoms with E-state index in [9.17, 15) is 8.42 Å². The average molecular weight is 284 g/mol. The molecule has 1 aliphatic rings.